The van der Waals surface area contributed by atoms with Crippen LogP contribution in [-0.2, 0) is 0 Å². The normalized spacial score (nSPS) is 9.68. The van der Waals surface area contributed by atoms with E-state index in [-0.39, 0.29) is 5.82 Å². The van der Waals surface area contributed by atoms with Crippen LogP contribution in [0.5, 0.6) is 0 Å². The van der Waals surface area contributed by atoms with E-state index in [9.17, 15) is 4.39 Å². The molecule has 3 aromatic rings. The number of rotatable bonds is 2. The molecule has 106 valence electrons. The van der Waals surface area contributed by atoms with Crippen molar-refractivity contribution in [2.45, 2.75) is 0 Å². The Kier molecular flexibility index (Phi) is 4.12. The molecule has 2 nitrogen and oxygen atoms in total. The highest BCUT2D eigenvalue weighted by molar-refractivity contribution is 5.65. The summed E-state index contributed by atoms with van der Waals surface area (Å²) in [5.41, 5.74) is 3.16. The van der Waals surface area contributed by atoms with Crippen molar-refractivity contribution >= 4 is 11.4 Å². The van der Waals surface area contributed by atoms with E-state index >= 15 is 0 Å². The summed E-state index contributed by atoms with van der Waals surface area (Å²) in [6.45, 7) is 0. The molecule has 0 spiro atoms. The van der Waals surface area contributed by atoms with Gasteiger partial charge in [0, 0.05) is 17.4 Å². The van der Waals surface area contributed by atoms with Crippen molar-refractivity contribution in [3.63, 3.8) is 0 Å². The van der Waals surface area contributed by atoms with Crippen LogP contribution in [0.2, 0.25) is 0 Å². The van der Waals surface area contributed by atoms with Crippen LogP contribution in [-0.4, -0.2) is 4.98 Å². The molecule has 0 amide bonds. The number of hydrogen-bond acceptors (Lipinski definition) is 2. The van der Waals surface area contributed by atoms with Crippen molar-refractivity contribution in [1.82, 2.24) is 4.98 Å². The minimum atomic E-state index is -0.263. The standard InChI is InChI=1S/C19H13FN2/c20-16-9-11-17(12-10-16)22-19-7-4-14-21-18(19)13-8-15-5-2-1-3-6-15/h1-7,9-12,14,22H. The molecule has 0 bridgehead atoms. The molecule has 2 aromatic carbocycles. The lowest BCUT2D eigenvalue weighted by molar-refractivity contribution is 0.628. The summed E-state index contributed by atoms with van der Waals surface area (Å²) >= 11 is 0. The quantitative estimate of drug-likeness (QED) is 0.708. The molecule has 0 atom stereocenters. The molecule has 0 saturated carbocycles. The number of halogens is 1. The van der Waals surface area contributed by atoms with Crippen LogP contribution in [0.4, 0.5) is 15.8 Å². The molecule has 3 heteroatoms. The molecule has 1 N–H and O–H groups in total. The molecule has 0 aliphatic carbocycles. The van der Waals surface area contributed by atoms with Gasteiger partial charge in [0.1, 0.15) is 11.5 Å². The lowest BCUT2D eigenvalue weighted by Crippen LogP contribution is -1.95. The van der Waals surface area contributed by atoms with Crippen LogP contribution in [0.15, 0.2) is 72.9 Å². The highest BCUT2D eigenvalue weighted by atomic mass is 19.1. The van der Waals surface area contributed by atoms with Crippen molar-refractivity contribution in [3.8, 4) is 11.8 Å². The zero-order valence-corrected chi connectivity index (χ0v) is 11.8. The predicted octanol–water partition coefficient (Wildman–Crippen LogP) is 4.36. The van der Waals surface area contributed by atoms with E-state index in [1.54, 1.807) is 18.3 Å². The third-order valence-corrected chi connectivity index (χ3v) is 3.03. The lowest BCUT2D eigenvalue weighted by atomic mass is 10.2. The fraction of sp³-hybridized carbons (Fsp3) is 0. The van der Waals surface area contributed by atoms with Crippen molar-refractivity contribution < 1.29 is 4.39 Å². The van der Waals surface area contributed by atoms with E-state index < -0.39 is 0 Å². The number of aromatic nitrogens is 1. The van der Waals surface area contributed by atoms with Crippen molar-refractivity contribution in [3.05, 3.63) is 90.0 Å². The summed E-state index contributed by atoms with van der Waals surface area (Å²) in [6, 6.07) is 19.6. The second kappa shape index (κ2) is 6.55. The SMILES string of the molecule is Fc1ccc(Nc2cccnc2C#Cc2ccccc2)cc1. The predicted molar refractivity (Wildman–Crippen MR) is 86.3 cm³/mol. The van der Waals surface area contributed by atoms with Gasteiger partial charge in [-0.3, -0.25) is 0 Å². The summed E-state index contributed by atoms with van der Waals surface area (Å²) in [5, 5.41) is 3.20. The van der Waals surface area contributed by atoms with E-state index in [4.69, 9.17) is 0 Å². The third kappa shape index (κ3) is 3.50. The smallest absolute Gasteiger partial charge is 0.136 e. The Morgan fingerprint density at radius 3 is 2.36 bits per heavy atom. The van der Waals surface area contributed by atoms with Gasteiger partial charge in [0.25, 0.3) is 0 Å². The van der Waals surface area contributed by atoms with E-state index in [0.29, 0.717) is 5.69 Å². The first-order valence-electron chi connectivity index (χ1n) is 6.86. The number of nitrogens with zero attached hydrogens (tertiary/aromatic N) is 1. The topological polar surface area (TPSA) is 24.9 Å². The molecule has 0 aliphatic heterocycles. The maximum Gasteiger partial charge on any atom is 0.136 e. The monoisotopic (exact) mass is 288 g/mol. The summed E-state index contributed by atoms with van der Waals surface area (Å²) in [4.78, 5) is 4.30. The highest BCUT2D eigenvalue weighted by Gasteiger charge is 2.01. The van der Waals surface area contributed by atoms with Crippen LogP contribution < -0.4 is 5.32 Å². The molecule has 0 saturated heterocycles. The van der Waals surface area contributed by atoms with Gasteiger partial charge in [-0.1, -0.05) is 24.1 Å². The Balaban J connectivity index is 1.87. The van der Waals surface area contributed by atoms with Gasteiger partial charge in [-0.05, 0) is 54.5 Å². The van der Waals surface area contributed by atoms with Gasteiger partial charge in [0.2, 0.25) is 0 Å². The van der Waals surface area contributed by atoms with E-state index in [0.717, 1.165) is 16.9 Å². The largest absolute Gasteiger partial charge is 0.353 e. The fourth-order valence-electron chi connectivity index (χ4n) is 1.95. The molecule has 22 heavy (non-hydrogen) atoms. The zero-order chi connectivity index (χ0) is 15.2. The maximum atomic E-state index is 13.0. The van der Waals surface area contributed by atoms with Gasteiger partial charge in [-0.25, -0.2) is 9.37 Å². The molecule has 0 unspecified atom stereocenters. The molecule has 3 rings (SSSR count). The van der Waals surface area contributed by atoms with Crippen LogP contribution >= 0.6 is 0 Å². The van der Waals surface area contributed by atoms with Gasteiger partial charge < -0.3 is 5.32 Å². The molecule has 0 aliphatic rings. The average molecular weight is 288 g/mol. The van der Waals surface area contributed by atoms with Gasteiger partial charge in [-0.2, -0.15) is 0 Å². The van der Waals surface area contributed by atoms with Crippen LogP contribution in [0.25, 0.3) is 0 Å². The van der Waals surface area contributed by atoms with Crippen molar-refractivity contribution in [1.29, 1.82) is 0 Å². The van der Waals surface area contributed by atoms with Gasteiger partial charge in [0.05, 0.1) is 5.69 Å². The number of nitrogens with one attached hydrogen (secondary N) is 1. The Hall–Kier alpha value is -3.12. The Morgan fingerprint density at radius 1 is 0.818 bits per heavy atom. The third-order valence-electron chi connectivity index (χ3n) is 3.03. The second-order valence-corrected chi connectivity index (χ2v) is 4.65. The highest BCUT2D eigenvalue weighted by Crippen LogP contribution is 2.19. The average Bonchev–Trinajstić information content (AvgIpc) is 2.57. The lowest BCUT2D eigenvalue weighted by Gasteiger charge is -2.07. The van der Waals surface area contributed by atoms with Crippen molar-refractivity contribution in [2.24, 2.45) is 0 Å². The molecule has 0 fully saturated rings. The van der Waals surface area contributed by atoms with Crippen LogP contribution in [0.3, 0.4) is 0 Å². The zero-order valence-electron chi connectivity index (χ0n) is 11.8. The minimum absolute atomic E-state index is 0.263. The Morgan fingerprint density at radius 2 is 1.59 bits per heavy atom. The first kappa shape index (κ1) is 13.8. The number of benzene rings is 2. The van der Waals surface area contributed by atoms with Gasteiger partial charge in [-0.15, -0.1) is 0 Å². The number of pyridine rings is 1. The summed E-state index contributed by atoms with van der Waals surface area (Å²) in [7, 11) is 0. The van der Waals surface area contributed by atoms with Gasteiger partial charge >= 0.3 is 0 Å². The molecule has 1 heterocycles. The number of anilines is 2. The van der Waals surface area contributed by atoms with E-state index in [2.05, 4.69) is 22.1 Å². The first-order valence-corrected chi connectivity index (χ1v) is 6.86. The Bertz CT molecular complexity index is 815. The van der Waals surface area contributed by atoms with Crippen LogP contribution in [0, 0.1) is 17.7 Å². The first-order chi connectivity index (χ1) is 10.8. The Labute approximate surface area is 128 Å². The van der Waals surface area contributed by atoms with Crippen LogP contribution in [0.1, 0.15) is 11.3 Å². The fourth-order valence-corrected chi connectivity index (χ4v) is 1.95. The van der Waals surface area contributed by atoms with Crippen molar-refractivity contribution in [2.75, 3.05) is 5.32 Å². The second-order valence-electron chi connectivity index (χ2n) is 4.65. The van der Waals surface area contributed by atoms with E-state index in [1.165, 1.54) is 12.1 Å². The molecule has 1 aromatic heterocycles. The maximum absolute atomic E-state index is 13.0. The summed E-state index contributed by atoms with van der Waals surface area (Å²) in [6.07, 6.45) is 1.70. The minimum Gasteiger partial charge on any atom is -0.353 e. The summed E-state index contributed by atoms with van der Waals surface area (Å²) in [5.74, 6) is 5.88. The molecular weight excluding hydrogens is 275 g/mol. The molecular formula is C19H13FN2. The van der Waals surface area contributed by atoms with Gasteiger partial charge in [0.15, 0.2) is 0 Å². The van der Waals surface area contributed by atoms with E-state index in [1.807, 2.05) is 42.5 Å². The summed E-state index contributed by atoms with van der Waals surface area (Å²) < 4.78 is 13.0. The molecule has 0 radical (unpaired) electrons. The number of hydrogen-bond donors (Lipinski definition) is 1.